The molecule has 2 heterocycles. The number of hydrogen-bond acceptors (Lipinski definition) is 5. The minimum atomic E-state index is -3.60. The molecule has 1 atom stereocenters. The zero-order valence-corrected chi connectivity index (χ0v) is 21.7. The highest BCUT2D eigenvalue weighted by Gasteiger charge is 2.27. The molecule has 1 aliphatic rings. The molecule has 2 aromatic carbocycles. The normalized spacial score (nSPS) is 15.9. The average molecular weight is 499 g/mol. The van der Waals surface area contributed by atoms with Gasteiger partial charge in [0, 0.05) is 32.5 Å². The lowest BCUT2D eigenvalue weighted by Gasteiger charge is -2.26. The number of aromatic nitrogens is 2. The fraction of sp³-hybridized carbons (Fsp3) is 0.462. The quantitative estimate of drug-likeness (QED) is 0.513. The van der Waals surface area contributed by atoms with Gasteiger partial charge in [0.2, 0.25) is 15.9 Å². The van der Waals surface area contributed by atoms with Gasteiger partial charge in [-0.1, -0.05) is 23.8 Å². The average Bonchev–Trinajstić information content (AvgIpc) is 3.21. The van der Waals surface area contributed by atoms with Crippen LogP contribution in [-0.4, -0.2) is 54.5 Å². The fourth-order valence-corrected chi connectivity index (χ4v) is 6.07. The Morgan fingerprint density at radius 1 is 1.14 bits per heavy atom. The maximum Gasteiger partial charge on any atom is 0.243 e. The van der Waals surface area contributed by atoms with Gasteiger partial charge in [-0.25, -0.2) is 13.4 Å². The first-order valence-electron chi connectivity index (χ1n) is 12.1. The van der Waals surface area contributed by atoms with Gasteiger partial charge in [-0.05, 0) is 57.0 Å². The Kier molecular flexibility index (Phi) is 7.59. The summed E-state index contributed by atoms with van der Waals surface area (Å²) >= 11 is 0. The Balaban J connectivity index is 1.49. The van der Waals surface area contributed by atoms with Gasteiger partial charge in [0.1, 0.15) is 5.82 Å². The Morgan fingerprint density at radius 3 is 2.60 bits per heavy atom. The van der Waals surface area contributed by atoms with Crippen molar-refractivity contribution in [2.24, 2.45) is 0 Å². The number of carbonyl (C=O) groups excluding carboxylic acids is 1. The first kappa shape index (κ1) is 25.3. The zero-order valence-electron chi connectivity index (χ0n) is 20.9. The number of ether oxygens (including phenoxy) is 1. The summed E-state index contributed by atoms with van der Waals surface area (Å²) in [5.41, 5.74) is 4.93. The number of morpholine rings is 1. The number of nitrogens with one attached hydrogen (secondary N) is 1. The highest BCUT2D eigenvalue weighted by Crippen LogP contribution is 2.24. The Bertz CT molecular complexity index is 1330. The maximum absolute atomic E-state index is 13.1. The SMILES string of the molecule is CCn1c(CCC(=O)NC(C)c2cc(C)ccc2C)nc2cc(S(=O)(=O)N3CCOCC3)ccc21. The summed E-state index contributed by atoms with van der Waals surface area (Å²) in [6.45, 7) is 10.3. The molecule has 3 aromatic rings. The van der Waals surface area contributed by atoms with Gasteiger partial charge in [-0.2, -0.15) is 4.31 Å². The molecule has 0 spiro atoms. The van der Waals surface area contributed by atoms with Gasteiger partial charge in [0.05, 0.1) is 35.2 Å². The first-order valence-corrected chi connectivity index (χ1v) is 13.6. The van der Waals surface area contributed by atoms with Crippen molar-refractivity contribution in [3.8, 4) is 0 Å². The Hall–Kier alpha value is -2.75. The van der Waals surface area contributed by atoms with Crippen LogP contribution in [0.15, 0.2) is 41.3 Å². The highest BCUT2D eigenvalue weighted by molar-refractivity contribution is 7.89. The lowest BCUT2D eigenvalue weighted by molar-refractivity contribution is -0.121. The molecule has 1 saturated heterocycles. The summed E-state index contributed by atoms with van der Waals surface area (Å²) < 4.78 is 34.9. The zero-order chi connectivity index (χ0) is 25.2. The monoisotopic (exact) mass is 498 g/mol. The van der Waals surface area contributed by atoms with E-state index < -0.39 is 10.0 Å². The van der Waals surface area contributed by atoms with Crippen LogP contribution in [0.4, 0.5) is 0 Å². The molecule has 1 amide bonds. The van der Waals surface area contributed by atoms with Crippen molar-refractivity contribution < 1.29 is 17.9 Å². The van der Waals surface area contributed by atoms with Crippen molar-refractivity contribution in [1.29, 1.82) is 0 Å². The van der Waals surface area contributed by atoms with Crippen LogP contribution in [0, 0.1) is 13.8 Å². The number of aryl methyl sites for hydroxylation is 4. The molecule has 188 valence electrons. The predicted molar refractivity (Wildman–Crippen MR) is 136 cm³/mol. The third-order valence-electron chi connectivity index (χ3n) is 6.58. The van der Waals surface area contributed by atoms with Crippen LogP contribution < -0.4 is 5.32 Å². The molecule has 0 aliphatic carbocycles. The molecule has 1 aliphatic heterocycles. The second-order valence-corrected chi connectivity index (χ2v) is 11.0. The van der Waals surface area contributed by atoms with E-state index in [-0.39, 0.29) is 16.8 Å². The Morgan fingerprint density at radius 2 is 1.89 bits per heavy atom. The Labute approximate surface area is 207 Å². The number of nitrogens with zero attached hydrogens (tertiary/aromatic N) is 3. The van der Waals surface area contributed by atoms with Gasteiger partial charge < -0.3 is 14.6 Å². The van der Waals surface area contributed by atoms with Crippen LogP contribution in [0.2, 0.25) is 0 Å². The number of carbonyl (C=O) groups is 1. The van der Waals surface area contributed by atoms with Crippen LogP contribution in [0.5, 0.6) is 0 Å². The predicted octanol–water partition coefficient (Wildman–Crippen LogP) is 3.50. The van der Waals surface area contributed by atoms with E-state index in [1.165, 1.54) is 9.87 Å². The van der Waals surface area contributed by atoms with E-state index in [1.807, 2.05) is 31.4 Å². The van der Waals surface area contributed by atoms with Gasteiger partial charge in [0.25, 0.3) is 0 Å². The molecular formula is C26H34N4O4S. The number of imidazole rings is 1. The minimum Gasteiger partial charge on any atom is -0.379 e. The van der Waals surface area contributed by atoms with Gasteiger partial charge >= 0.3 is 0 Å². The fourth-order valence-electron chi connectivity index (χ4n) is 4.64. The van der Waals surface area contributed by atoms with Crippen molar-refractivity contribution in [3.05, 3.63) is 58.9 Å². The van der Waals surface area contributed by atoms with Crippen LogP contribution in [0.25, 0.3) is 11.0 Å². The van der Waals surface area contributed by atoms with E-state index in [4.69, 9.17) is 9.72 Å². The van der Waals surface area contributed by atoms with Crippen molar-refractivity contribution in [3.63, 3.8) is 0 Å². The van der Waals surface area contributed by atoms with Crippen molar-refractivity contribution in [2.45, 2.75) is 58.0 Å². The molecular weight excluding hydrogens is 464 g/mol. The summed E-state index contributed by atoms with van der Waals surface area (Å²) in [4.78, 5) is 17.7. The molecule has 4 rings (SSSR count). The van der Waals surface area contributed by atoms with E-state index in [1.54, 1.807) is 12.1 Å². The second kappa shape index (κ2) is 10.5. The molecule has 0 bridgehead atoms. The minimum absolute atomic E-state index is 0.0382. The largest absolute Gasteiger partial charge is 0.379 e. The maximum atomic E-state index is 13.1. The summed E-state index contributed by atoms with van der Waals surface area (Å²) in [7, 11) is -3.60. The summed E-state index contributed by atoms with van der Waals surface area (Å²) in [6.07, 6.45) is 0.775. The van der Waals surface area contributed by atoms with Crippen molar-refractivity contribution in [2.75, 3.05) is 26.3 Å². The third kappa shape index (κ3) is 5.42. The molecule has 35 heavy (non-hydrogen) atoms. The van der Waals surface area contributed by atoms with E-state index in [9.17, 15) is 13.2 Å². The number of sulfonamides is 1. The van der Waals surface area contributed by atoms with Gasteiger partial charge in [0.15, 0.2) is 0 Å². The van der Waals surface area contributed by atoms with Gasteiger partial charge in [-0.3, -0.25) is 4.79 Å². The molecule has 8 nitrogen and oxygen atoms in total. The number of hydrogen-bond donors (Lipinski definition) is 1. The highest BCUT2D eigenvalue weighted by atomic mass is 32.2. The van der Waals surface area contributed by atoms with Crippen LogP contribution in [0.1, 0.15) is 48.8 Å². The van der Waals surface area contributed by atoms with E-state index in [0.29, 0.717) is 51.2 Å². The number of amides is 1. The molecule has 1 unspecified atom stereocenters. The smallest absolute Gasteiger partial charge is 0.243 e. The van der Waals surface area contributed by atoms with E-state index >= 15 is 0 Å². The molecule has 0 radical (unpaired) electrons. The molecule has 1 aromatic heterocycles. The summed E-state index contributed by atoms with van der Waals surface area (Å²) in [5, 5.41) is 3.10. The number of rotatable bonds is 8. The van der Waals surface area contributed by atoms with E-state index in [2.05, 4.69) is 30.4 Å². The molecule has 9 heteroatoms. The standard InChI is InChI=1S/C26H34N4O4S/c1-5-30-24-9-8-21(35(32,33)29-12-14-34-15-13-29)17-23(24)28-25(30)10-11-26(31)27-20(4)22-16-18(2)6-7-19(22)3/h6-9,16-17,20H,5,10-15H2,1-4H3,(H,27,31). The first-order chi connectivity index (χ1) is 16.7. The van der Waals surface area contributed by atoms with Crippen LogP contribution in [0.3, 0.4) is 0 Å². The van der Waals surface area contributed by atoms with Crippen LogP contribution in [-0.2, 0) is 32.5 Å². The topological polar surface area (TPSA) is 93.5 Å². The number of fused-ring (bicyclic) bond motifs is 1. The summed E-state index contributed by atoms with van der Waals surface area (Å²) in [6, 6.07) is 11.3. The van der Waals surface area contributed by atoms with Gasteiger partial charge in [-0.15, -0.1) is 0 Å². The molecule has 0 saturated carbocycles. The number of benzene rings is 2. The summed E-state index contributed by atoms with van der Waals surface area (Å²) in [5.74, 6) is 0.738. The third-order valence-corrected chi connectivity index (χ3v) is 8.47. The lowest BCUT2D eigenvalue weighted by atomic mass is 10.00. The van der Waals surface area contributed by atoms with Crippen molar-refractivity contribution in [1.82, 2.24) is 19.2 Å². The second-order valence-electron chi connectivity index (χ2n) is 9.09. The van der Waals surface area contributed by atoms with E-state index in [0.717, 1.165) is 22.5 Å². The lowest BCUT2D eigenvalue weighted by Crippen LogP contribution is -2.40. The molecule has 1 N–H and O–H groups in total. The van der Waals surface area contributed by atoms with Crippen molar-refractivity contribution >= 4 is 27.0 Å². The molecule has 1 fully saturated rings. The van der Waals surface area contributed by atoms with Crippen LogP contribution >= 0.6 is 0 Å².